The average molecular weight is 336 g/mol. The van der Waals surface area contributed by atoms with E-state index in [0.717, 1.165) is 12.1 Å². The molecule has 0 radical (unpaired) electrons. The van der Waals surface area contributed by atoms with Crippen molar-refractivity contribution in [2.45, 2.75) is 40.3 Å². The Morgan fingerprint density at radius 1 is 1.04 bits per heavy atom. The van der Waals surface area contributed by atoms with Crippen molar-refractivity contribution in [3.63, 3.8) is 0 Å². The lowest BCUT2D eigenvalue weighted by Crippen LogP contribution is -2.47. The minimum absolute atomic E-state index is 0.0397. The standard InChI is InChI=1S/C16H26N4O2.C2H6/c1-11(2)15(18-4)16(22)19-10-14(21)20-13-7-5-12(6-8-13)9-17-3;1-2/h5-8,11,15,17-18H,9-10H2,1-4H3,(H,19,22)(H,20,21);1-2H3. The number of carbonyl (C=O) groups is 2. The van der Waals surface area contributed by atoms with Gasteiger partial charge in [-0.1, -0.05) is 39.8 Å². The van der Waals surface area contributed by atoms with Crippen LogP contribution in [0.3, 0.4) is 0 Å². The molecule has 1 unspecified atom stereocenters. The number of amides is 2. The predicted molar refractivity (Wildman–Crippen MR) is 99.9 cm³/mol. The average Bonchev–Trinajstić information content (AvgIpc) is 2.57. The number of rotatable bonds is 8. The lowest BCUT2D eigenvalue weighted by atomic mass is 10.0. The normalized spacial score (nSPS) is 11.3. The molecule has 4 N–H and O–H groups in total. The maximum Gasteiger partial charge on any atom is 0.243 e. The van der Waals surface area contributed by atoms with Gasteiger partial charge in [-0.15, -0.1) is 0 Å². The van der Waals surface area contributed by atoms with Crippen LogP contribution in [-0.4, -0.2) is 38.5 Å². The van der Waals surface area contributed by atoms with Crippen molar-refractivity contribution < 1.29 is 9.59 Å². The van der Waals surface area contributed by atoms with Gasteiger partial charge in [0.05, 0.1) is 12.6 Å². The van der Waals surface area contributed by atoms with Gasteiger partial charge < -0.3 is 21.3 Å². The van der Waals surface area contributed by atoms with Crippen LogP contribution in [0.2, 0.25) is 0 Å². The van der Waals surface area contributed by atoms with E-state index in [9.17, 15) is 9.59 Å². The highest BCUT2D eigenvalue weighted by Gasteiger charge is 2.20. The molecule has 6 heteroatoms. The van der Waals surface area contributed by atoms with E-state index in [1.165, 1.54) is 0 Å². The van der Waals surface area contributed by atoms with Crippen LogP contribution in [0.5, 0.6) is 0 Å². The van der Waals surface area contributed by atoms with Crippen LogP contribution < -0.4 is 21.3 Å². The van der Waals surface area contributed by atoms with Gasteiger partial charge in [-0.3, -0.25) is 9.59 Å². The fraction of sp³-hybridized carbons (Fsp3) is 0.556. The molecule has 2 amide bonds. The zero-order chi connectivity index (χ0) is 18.5. The first kappa shape index (κ1) is 22.1. The third-order valence-corrected chi connectivity index (χ3v) is 3.30. The molecule has 1 aromatic rings. The van der Waals surface area contributed by atoms with E-state index < -0.39 is 0 Å². The molecule has 1 atom stereocenters. The molecule has 136 valence electrons. The van der Waals surface area contributed by atoms with Crippen molar-refractivity contribution in [3.8, 4) is 0 Å². The zero-order valence-electron chi connectivity index (χ0n) is 15.7. The first-order chi connectivity index (χ1) is 11.5. The first-order valence-electron chi connectivity index (χ1n) is 8.46. The third kappa shape index (κ3) is 8.08. The number of carbonyl (C=O) groups excluding carboxylic acids is 2. The van der Waals surface area contributed by atoms with Crippen LogP contribution in [-0.2, 0) is 16.1 Å². The summed E-state index contributed by atoms with van der Waals surface area (Å²) >= 11 is 0. The summed E-state index contributed by atoms with van der Waals surface area (Å²) in [6, 6.07) is 7.28. The highest BCUT2D eigenvalue weighted by Crippen LogP contribution is 2.09. The van der Waals surface area contributed by atoms with Crippen LogP contribution in [0.1, 0.15) is 33.3 Å². The van der Waals surface area contributed by atoms with Gasteiger partial charge in [0.15, 0.2) is 0 Å². The molecule has 0 saturated carbocycles. The van der Waals surface area contributed by atoms with Crippen LogP contribution in [0.4, 0.5) is 5.69 Å². The van der Waals surface area contributed by atoms with Crippen molar-refractivity contribution in [2.75, 3.05) is 26.0 Å². The summed E-state index contributed by atoms with van der Waals surface area (Å²) in [6.07, 6.45) is 0. The number of benzene rings is 1. The molecule has 0 aromatic heterocycles. The van der Waals surface area contributed by atoms with Crippen molar-refractivity contribution in [1.82, 2.24) is 16.0 Å². The highest BCUT2D eigenvalue weighted by atomic mass is 16.2. The van der Waals surface area contributed by atoms with E-state index in [4.69, 9.17) is 0 Å². The SMILES string of the molecule is CC.CNCc1ccc(NC(=O)CNC(=O)C(NC)C(C)C)cc1. The van der Waals surface area contributed by atoms with Gasteiger partial charge in [0.2, 0.25) is 11.8 Å². The maximum atomic E-state index is 11.9. The Bertz CT molecular complexity index is 486. The van der Waals surface area contributed by atoms with E-state index in [2.05, 4.69) is 21.3 Å². The Morgan fingerprint density at radius 3 is 2.08 bits per heavy atom. The molecule has 1 rings (SSSR count). The molecule has 0 bridgehead atoms. The summed E-state index contributed by atoms with van der Waals surface area (Å²) in [5, 5.41) is 11.4. The van der Waals surface area contributed by atoms with Gasteiger partial charge >= 0.3 is 0 Å². The quantitative estimate of drug-likeness (QED) is 0.583. The first-order valence-corrected chi connectivity index (χ1v) is 8.46. The van der Waals surface area contributed by atoms with E-state index in [-0.39, 0.29) is 30.3 Å². The number of hydrogen-bond donors (Lipinski definition) is 4. The van der Waals surface area contributed by atoms with Crippen molar-refractivity contribution >= 4 is 17.5 Å². The minimum Gasteiger partial charge on any atom is -0.346 e. The van der Waals surface area contributed by atoms with Gasteiger partial charge in [0, 0.05) is 12.2 Å². The van der Waals surface area contributed by atoms with Crippen LogP contribution >= 0.6 is 0 Å². The number of hydrogen-bond acceptors (Lipinski definition) is 4. The van der Waals surface area contributed by atoms with Gasteiger partial charge in [-0.25, -0.2) is 0 Å². The topological polar surface area (TPSA) is 82.3 Å². The molecule has 0 saturated heterocycles. The summed E-state index contributed by atoms with van der Waals surface area (Å²) < 4.78 is 0. The second-order valence-corrected chi connectivity index (χ2v) is 5.50. The van der Waals surface area contributed by atoms with E-state index in [1.54, 1.807) is 7.05 Å². The van der Waals surface area contributed by atoms with Gasteiger partial charge in [-0.2, -0.15) is 0 Å². The van der Waals surface area contributed by atoms with Crippen molar-refractivity contribution in [2.24, 2.45) is 5.92 Å². The van der Waals surface area contributed by atoms with Crippen LogP contribution in [0.25, 0.3) is 0 Å². The molecular formula is C18H32N4O2. The zero-order valence-corrected chi connectivity index (χ0v) is 15.7. The fourth-order valence-corrected chi connectivity index (χ4v) is 2.16. The Kier molecular flexibility index (Phi) is 11.5. The van der Waals surface area contributed by atoms with Crippen molar-refractivity contribution in [1.29, 1.82) is 0 Å². The largest absolute Gasteiger partial charge is 0.346 e. The Morgan fingerprint density at radius 2 is 1.62 bits per heavy atom. The molecule has 0 fully saturated rings. The Labute approximate surface area is 145 Å². The van der Waals surface area contributed by atoms with Gasteiger partial charge in [-0.05, 0) is 37.7 Å². The van der Waals surface area contributed by atoms with E-state index in [1.807, 2.05) is 59.0 Å². The molecule has 0 aliphatic rings. The second kappa shape index (κ2) is 12.5. The molecule has 0 spiro atoms. The monoisotopic (exact) mass is 336 g/mol. The van der Waals surface area contributed by atoms with Crippen molar-refractivity contribution in [3.05, 3.63) is 29.8 Å². The smallest absolute Gasteiger partial charge is 0.243 e. The van der Waals surface area contributed by atoms with Gasteiger partial charge in [0.1, 0.15) is 0 Å². The fourth-order valence-electron chi connectivity index (χ4n) is 2.16. The lowest BCUT2D eigenvalue weighted by molar-refractivity contribution is -0.126. The number of anilines is 1. The summed E-state index contributed by atoms with van der Waals surface area (Å²) in [4.78, 5) is 23.8. The second-order valence-electron chi connectivity index (χ2n) is 5.50. The predicted octanol–water partition coefficient (Wildman–Crippen LogP) is 1.73. The molecule has 0 aliphatic carbocycles. The molecule has 1 aromatic carbocycles. The highest BCUT2D eigenvalue weighted by molar-refractivity contribution is 5.95. The van der Waals surface area contributed by atoms with E-state index >= 15 is 0 Å². The third-order valence-electron chi connectivity index (χ3n) is 3.30. The van der Waals surface area contributed by atoms with Gasteiger partial charge in [0.25, 0.3) is 0 Å². The summed E-state index contributed by atoms with van der Waals surface area (Å²) in [5.74, 6) is -0.252. The van der Waals surface area contributed by atoms with Crippen LogP contribution in [0.15, 0.2) is 24.3 Å². The lowest BCUT2D eigenvalue weighted by Gasteiger charge is -2.19. The molecule has 24 heavy (non-hydrogen) atoms. The Hall–Kier alpha value is -1.92. The molecular weight excluding hydrogens is 304 g/mol. The summed E-state index contributed by atoms with van der Waals surface area (Å²) in [7, 11) is 3.62. The number of likely N-dealkylation sites (N-methyl/N-ethyl adjacent to an activating group) is 1. The number of nitrogens with one attached hydrogen (secondary N) is 4. The van der Waals surface area contributed by atoms with E-state index in [0.29, 0.717) is 5.69 Å². The van der Waals surface area contributed by atoms with Crippen LogP contribution in [0, 0.1) is 5.92 Å². The maximum absolute atomic E-state index is 11.9. The molecule has 0 aliphatic heterocycles. The Balaban J connectivity index is 0.00000254. The minimum atomic E-state index is -0.298. The molecule has 0 heterocycles. The summed E-state index contributed by atoms with van der Waals surface area (Å²) in [5.41, 5.74) is 1.86. The summed E-state index contributed by atoms with van der Waals surface area (Å²) in [6.45, 7) is 8.65. The molecule has 6 nitrogen and oxygen atoms in total.